The minimum Gasteiger partial charge on any atom is -0.294 e. The molecule has 2 heterocycles. The summed E-state index contributed by atoms with van der Waals surface area (Å²) in [6.07, 6.45) is 2.00. The summed E-state index contributed by atoms with van der Waals surface area (Å²) in [5, 5.41) is 7.64. The predicted molar refractivity (Wildman–Crippen MR) is 202 cm³/mol. The molecule has 1 aliphatic carbocycles. The third-order valence-electron chi connectivity index (χ3n) is 10.6. The fourth-order valence-electron chi connectivity index (χ4n) is 8.31. The second-order valence-corrected chi connectivity index (χ2v) is 13.6. The quantitative estimate of drug-likeness (QED) is 0.194. The zero-order valence-electron chi connectivity index (χ0n) is 26.9. The summed E-state index contributed by atoms with van der Waals surface area (Å²) in [5.41, 5.74) is 12.5. The molecular formula is C46H32N2. The molecule has 0 N–H and O–H groups in total. The van der Waals surface area contributed by atoms with Crippen molar-refractivity contribution in [2.45, 2.75) is 19.3 Å². The van der Waals surface area contributed by atoms with Crippen LogP contribution in [0.5, 0.6) is 0 Å². The van der Waals surface area contributed by atoms with Crippen LogP contribution in [0.15, 0.2) is 158 Å². The van der Waals surface area contributed by atoms with Gasteiger partial charge in [-0.25, -0.2) is 4.98 Å². The first-order valence-electron chi connectivity index (χ1n) is 16.7. The SMILES string of the molecule is CC1(C)c2cc(-c3cc4c(c5ccccc35)c3ccccc3n4-c3ccc(-c4ccccc4)cn3)ccc2-c2c1ccc1ccccc21. The number of benzene rings is 7. The number of hydrogen-bond acceptors (Lipinski definition) is 1. The van der Waals surface area contributed by atoms with Crippen molar-refractivity contribution >= 4 is 43.4 Å². The van der Waals surface area contributed by atoms with Crippen LogP contribution >= 0.6 is 0 Å². The van der Waals surface area contributed by atoms with Crippen LogP contribution in [0.2, 0.25) is 0 Å². The van der Waals surface area contributed by atoms with Crippen LogP contribution < -0.4 is 0 Å². The van der Waals surface area contributed by atoms with Crippen molar-refractivity contribution in [1.29, 1.82) is 0 Å². The Morgan fingerprint density at radius 1 is 0.479 bits per heavy atom. The number of nitrogens with zero attached hydrogens (tertiary/aromatic N) is 2. The highest BCUT2D eigenvalue weighted by atomic mass is 15.1. The summed E-state index contributed by atoms with van der Waals surface area (Å²) in [6.45, 7) is 4.75. The van der Waals surface area contributed by atoms with Crippen molar-refractivity contribution in [3.8, 4) is 39.2 Å². The van der Waals surface area contributed by atoms with Crippen molar-refractivity contribution in [3.05, 3.63) is 169 Å². The molecule has 0 spiro atoms. The Balaban J connectivity index is 1.22. The van der Waals surface area contributed by atoms with Gasteiger partial charge in [-0.2, -0.15) is 0 Å². The molecule has 0 saturated carbocycles. The van der Waals surface area contributed by atoms with E-state index < -0.39 is 0 Å². The smallest absolute Gasteiger partial charge is 0.137 e. The number of rotatable bonds is 3. The summed E-state index contributed by atoms with van der Waals surface area (Å²) in [4.78, 5) is 5.06. The normalized spacial score (nSPS) is 13.4. The lowest BCUT2D eigenvalue weighted by Crippen LogP contribution is -2.15. The summed E-state index contributed by atoms with van der Waals surface area (Å²) in [5.74, 6) is 0.916. The third kappa shape index (κ3) is 3.77. The van der Waals surface area contributed by atoms with Crippen LogP contribution in [0.1, 0.15) is 25.0 Å². The number of fused-ring (bicyclic) bond motifs is 10. The maximum atomic E-state index is 5.06. The van der Waals surface area contributed by atoms with Gasteiger partial charge in [-0.05, 0) is 90.8 Å². The molecule has 9 aromatic rings. The van der Waals surface area contributed by atoms with E-state index in [1.807, 2.05) is 12.3 Å². The molecule has 10 rings (SSSR count). The van der Waals surface area contributed by atoms with E-state index >= 15 is 0 Å². The van der Waals surface area contributed by atoms with Crippen molar-refractivity contribution < 1.29 is 0 Å². The van der Waals surface area contributed by atoms with Crippen molar-refractivity contribution in [2.75, 3.05) is 0 Å². The zero-order valence-corrected chi connectivity index (χ0v) is 26.9. The molecule has 0 radical (unpaired) electrons. The molecule has 48 heavy (non-hydrogen) atoms. The highest BCUT2D eigenvalue weighted by molar-refractivity contribution is 6.24. The molecule has 7 aromatic carbocycles. The highest BCUT2D eigenvalue weighted by Crippen LogP contribution is 2.52. The van der Waals surface area contributed by atoms with E-state index in [2.05, 4.69) is 164 Å². The zero-order chi connectivity index (χ0) is 32.0. The van der Waals surface area contributed by atoms with Gasteiger partial charge in [0.25, 0.3) is 0 Å². The Kier molecular flexibility index (Phi) is 5.66. The second-order valence-electron chi connectivity index (χ2n) is 13.6. The molecule has 0 bridgehead atoms. The Morgan fingerprint density at radius 3 is 2.00 bits per heavy atom. The van der Waals surface area contributed by atoms with Crippen LogP contribution in [-0.4, -0.2) is 9.55 Å². The van der Waals surface area contributed by atoms with Gasteiger partial charge in [0.1, 0.15) is 5.82 Å². The molecule has 2 nitrogen and oxygen atoms in total. The fourth-order valence-corrected chi connectivity index (χ4v) is 8.31. The Labute approximate surface area is 279 Å². The first-order chi connectivity index (χ1) is 23.6. The molecular weight excluding hydrogens is 581 g/mol. The maximum absolute atomic E-state index is 5.06. The van der Waals surface area contributed by atoms with Gasteiger partial charge in [0.2, 0.25) is 0 Å². The highest BCUT2D eigenvalue weighted by Gasteiger charge is 2.36. The monoisotopic (exact) mass is 612 g/mol. The van der Waals surface area contributed by atoms with Gasteiger partial charge < -0.3 is 0 Å². The lowest BCUT2D eigenvalue weighted by Gasteiger charge is -2.22. The lowest BCUT2D eigenvalue weighted by molar-refractivity contribution is 0.661. The standard InChI is InChI=1S/C46H32N2/c1-46(2)39-24-21-30-14-6-7-15-33(30)44(39)36-23-20-31(26-40(36)46)38-27-42-45(35-17-9-8-16-34(35)38)37-18-10-11-19-41(37)48(42)43-25-22-32(28-47-43)29-12-4-3-5-13-29/h3-28H,1-2H3. The van der Waals surface area contributed by atoms with E-state index in [1.165, 1.54) is 76.8 Å². The summed E-state index contributed by atoms with van der Waals surface area (Å²) >= 11 is 0. The molecule has 0 unspecified atom stereocenters. The molecule has 0 aliphatic heterocycles. The topological polar surface area (TPSA) is 17.8 Å². The molecule has 1 aliphatic rings. The molecule has 0 amide bonds. The predicted octanol–water partition coefficient (Wildman–Crippen LogP) is 12.1. The van der Waals surface area contributed by atoms with Crippen LogP contribution in [0, 0.1) is 0 Å². The van der Waals surface area contributed by atoms with E-state index in [0.29, 0.717) is 0 Å². The summed E-state index contributed by atoms with van der Waals surface area (Å²) in [6, 6.07) is 55.4. The Bertz CT molecular complexity index is 2730. The maximum Gasteiger partial charge on any atom is 0.137 e. The van der Waals surface area contributed by atoms with Crippen molar-refractivity contribution in [2.24, 2.45) is 0 Å². The van der Waals surface area contributed by atoms with Crippen LogP contribution in [0.25, 0.3) is 82.5 Å². The van der Waals surface area contributed by atoms with Crippen molar-refractivity contribution in [3.63, 3.8) is 0 Å². The second kappa shape index (κ2) is 10.0. The Morgan fingerprint density at radius 2 is 1.19 bits per heavy atom. The van der Waals surface area contributed by atoms with E-state index in [-0.39, 0.29) is 5.41 Å². The van der Waals surface area contributed by atoms with Crippen LogP contribution in [-0.2, 0) is 5.41 Å². The van der Waals surface area contributed by atoms with Gasteiger partial charge in [-0.1, -0.05) is 135 Å². The Hall–Kier alpha value is -5.99. The van der Waals surface area contributed by atoms with Gasteiger partial charge >= 0.3 is 0 Å². The number of para-hydroxylation sites is 1. The molecule has 226 valence electrons. The lowest BCUT2D eigenvalue weighted by atomic mass is 9.81. The minimum absolute atomic E-state index is 0.107. The van der Waals surface area contributed by atoms with Gasteiger partial charge in [-0.15, -0.1) is 0 Å². The fraction of sp³-hybridized carbons (Fsp3) is 0.0652. The number of aromatic nitrogens is 2. The largest absolute Gasteiger partial charge is 0.294 e. The van der Waals surface area contributed by atoms with Gasteiger partial charge in [-0.3, -0.25) is 4.57 Å². The molecule has 0 fully saturated rings. The summed E-state index contributed by atoms with van der Waals surface area (Å²) in [7, 11) is 0. The molecule has 0 atom stereocenters. The molecule has 0 saturated heterocycles. The van der Waals surface area contributed by atoms with Crippen LogP contribution in [0.4, 0.5) is 0 Å². The first-order valence-corrected chi connectivity index (χ1v) is 16.7. The van der Waals surface area contributed by atoms with Gasteiger partial charge in [0, 0.05) is 27.9 Å². The first kappa shape index (κ1) is 27.2. The van der Waals surface area contributed by atoms with E-state index in [1.54, 1.807) is 0 Å². The molecule has 2 aromatic heterocycles. The third-order valence-corrected chi connectivity index (χ3v) is 10.6. The number of hydrogen-bond donors (Lipinski definition) is 0. The average molecular weight is 613 g/mol. The van der Waals surface area contributed by atoms with Gasteiger partial charge in [0.05, 0.1) is 11.0 Å². The van der Waals surface area contributed by atoms with Crippen molar-refractivity contribution in [1.82, 2.24) is 9.55 Å². The van der Waals surface area contributed by atoms with E-state index in [4.69, 9.17) is 4.98 Å². The minimum atomic E-state index is -0.107. The van der Waals surface area contributed by atoms with Crippen LogP contribution in [0.3, 0.4) is 0 Å². The summed E-state index contributed by atoms with van der Waals surface area (Å²) < 4.78 is 2.34. The van der Waals surface area contributed by atoms with Gasteiger partial charge in [0.15, 0.2) is 0 Å². The average Bonchev–Trinajstić information content (AvgIpc) is 3.60. The van der Waals surface area contributed by atoms with E-state index in [9.17, 15) is 0 Å². The number of pyridine rings is 1. The molecule has 2 heteroatoms. The van der Waals surface area contributed by atoms with E-state index in [0.717, 1.165) is 16.9 Å².